The third kappa shape index (κ3) is 2.61. The number of hydrogen-bond donors (Lipinski definition) is 2. The minimum Gasteiger partial charge on any atom is -0.350 e. The fraction of sp³-hybridized carbons (Fsp3) is 0.429. The van der Waals surface area contributed by atoms with E-state index in [0.29, 0.717) is 0 Å². The van der Waals surface area contributed by atoms with Gasteiger partial charge in [0.2, 0.25) is 11.8 Å². The van der Waals surface area contributed by atoms with Gasteiger partial charge in [0.1, 0.15) is 6.04 Å². The van der Waals surface area contributed by atoms with Crippen LogP contribution in [0.25, 0.3) is 0 Å². The SMILES string of the molecule is CNC(C)c1ccccc1N1CC(=O)NC(=O)C1C. The number of rotatable bonds is 3. The Balaban J connectivity index is 2.40. The average Bonchev–Trinajstić information content (AvgIpc) is 2.42. The van der Waals surface area contributed by atoms with Crippen LogP contribution in [0.2, 0.25) is 0 Å². The van der Waals surface area contributed by atoms with Crippen molar-refractivity contribution in [2.75, 3.05) is 18.5 Å². The number of nitrogens with one attached hydrogen (secondary N) is 2. The van der Waals surface area contributed by atoms with Crippen LogP contribution >= 0.6 is 0 Å². The summed E-state index contributed by atoms with van der Waals surface area (Å²) in [5, 5.41) is 5.54. The summed E-state index contributed by atoms with van der Waals surface area (Å²) in [7, 11) is 1.89. The van der Waals surface area contributed by atoms with Crippen LogP contribution in [0.4, 0.5) is 5.69 Å². The van der Waals surface area contributed by atoms with Crippen molar-refractivity contribution in [1.82, 2.24) is 10.6 Å². The van der Waals surface area contributed by atoms with E-state index in [1.807, 2.05) is 43.1 Å². The highest BCUT2D eigenvalue weighted by molar-refractivity contribution is 6.04. The van der Waals surface area contributed by atoms with E-state index in [0.717, 1.165) is 11.3 Å². The number of imide groups is 1. The molecule has 2 rings (SSSR count). The number of carbonyl (C=O) groups is 2. The Labute approximate surface area is 113 Å². The average molecular weight is 261 g/mol. The second-order valence-electron chi connectivity index (χ2n) is 4.79. The van der Waals surface area contributed by atoms with Gasteiger partial charge in [-0.3, -0.25) is 14.9 Å². The van der Waals surface area contributed by atoms with Gasteiger partial charge in [-0.15, -0.1) is 0 Å². The molecule has 2 unspecified atom stereocenters. The van der Waals surface area contributed by atoms with Gasteiger partial charge >= 0.3 is 0 Å². The maximum Gasteiger partial charge on any atom is 0.249 e. The minimum absolute atomic E-state index is 0.156. The Hall–Kier alpha value is -1.88. The van der Waals surface area contributed by atoms with Gasteiger partial charge in [-0.2, -0.15) is 0 Å². The molecule has 5 heteroatoms. The largest absolute Gasteiger partial charge is 0.350 e. The highest BCUT2D eigenvalue weighted by Gasteiger charge is 2.31. The molecule has 102 valence electrons. The molecule has 2 amide bonds. The van der Waals surface area contributed by atoms with Gasteiger partial charge in [0.25, 0.3) is 0 Å². The van der Waals surface area contributed by atoms with E-state index in [1.165, 1.54) is 0 Å². The van der Waals surface area contributed by atoms with E-state index < -0.39 is 0 Å². The molecule has 0 spiro atoms. The summed E-state index contributed by atoms with van der Waals surface area (Å²) >= 11 is 0. The van der Waals surface area contributed by atoms with Crippen molar-refractivity contribution < 1.29 is 9.59 Å². The number of hydrogen-bond acceptors (Lipinski definition) is 4. The molecule has 1 aromatic rings. The Morgan fingerprint density at radius 3 is 2.74 bits per heavy atom. The third-order valence-electron chi connectivity index (χ3n) is 3.57. The van der Waals surface area contributed by atoms with Crippen molar-refractivity contribution >= 4 is 17.5 Å². The van der Waals surface area contributed by atoms with Crippen molar-refractivity contribution in [2.24, 2.45) is 0 Å². The van der Waals surface area contributed by atoms with E-state index >= 15 is 0 Å². The van der Waals surface area contributed by atoms with Crippen LogP contribution in [-0.2, 0) is 9.59 Å². The van der Waals surface area contributed by atoms with E-state index in [1.54, 1.807) is 0 Å². The minimum atomic E-state index is -0.345. The zero-order valence-electron chi connectivity index (χ0n) is 11.4. The lowest BCUT2D eigenvalue weighted by molar-refractivity contribution is -0.132. The van der Waals surface area contributed by atoms with Gasteiger partial charge in [0.15, 0.2) is 0 Å². The van der Waals surface area contributed by atoms with Crippen LogP contribution in [0, 0.1) is 0 Å². The number of amides is 2. The zero-order chi connectivity index (χ0) is 14.0. The maximum atomic E-state index is 11.7. The lowest BCUT2D eigenvalue weighted by Gasteiger charge is -2.35. The molecule has 19 heavy (non-hydrogen) atoms. The fourth-order valence-electron chi connectivity index (χ4n) is 2.28. The second-order valence-corrected chi connectivity index (χ2v) is 4.79. The standard InChI is InChI=1S/C14H19N3O2/c1-9(15-3)11-6-4-5-7-12(11)17-8-13(18)16-14(19)10(17)2/h4-7,9-10,15H,8H2,1-3H3,(H,16,18,19). The Bertz CT molecular complexity index is 501. The molecule has 0 radical (unpaired) electrons. The lowest BCUT2D eigenvalue weighted by Crippen LogP contribution is -2.57. The number of benzene rings is 1. The Morgan fingerprint density at radius 2 is 2.05 bits per heavy atom. The normalized spacial score (nSPS) is 21.2. The molecule has 2 N–H and O–H groups in total. The molecule has 0 aromatic heterocycles. The highest BCUT2D eigenvalue weighted by atomic mass is 16.2. The number of piperazine rings is 1. The van der Waals surface area contributed by atoms with Crippen LogP contribution < -0.4 is 15.5 Å². The summed E-state index contributed by atoms with van der Waals surface area (Å²) in [6, 6.07) is 7.66. The Morgan fingerprint density at radius 1 is 1.37 bits per heavy atom. The fourth-order valence-corrected chi connectivity index (χ4v) is 2.28. The summed E-state index contributed by atoms with van der Waals surface area (Å²) in [6.45, 7) is 4.07. The predicted molar refractivity (Wildman–Crippen MR) is 73.9 cm³/mol. The second kappa shape index (κ2) is 5.40. The van der Waals surface area contributed by atoms with Crippen molar-refractivity contribution in [2.45, 2.75) is 25.9 Å². The summed E-state index contributed by atoms with van der Waals surface area (Å²) < 4.78 is 0. The summed E-state index contributed by atoms with van der Waals surface area (Å²) in [4.78, 5) is 25.2. The van der Waals surface area contributed by atoms with Crippen LogP contribution in [0.15, 0.2) is 24.3 Å². The third-order valence-corrected chi connectivity index (χ3v) is 3.57. The molecule has 0 saturated carbocycles. The molecule has 5 nitrogen and oxygen atoms in total. The quantitative estimate of drug-likeness (QED) is 0.791. The first-order valence-corrected chi connectivity index (χ1v) is 6.41. The number of carbonyl (C=O) groups excluding carboxylic acids is 2. The summed E-state index contributed by atoms with van der Waals surface area (Å²) in [5.41, 5.74) is 2.01. The molecule has 1 heterocycles. The highest BCUT2D eigenvalue weighted by Crippen LogP contribution is 2.28. The smallest absolute Gasteiger partial charge is 0.249 e. The lowest BCUT2D eigenvalue weighted by atomic mass is 10.0. The van der Waals surface area contributed by atoms with Gasteiger partial charge in [-0.25, -0.2) is 0 Å². The molecule has 2 atom stereocenters. The van der Waals surface area contributed by atoms with Gasteiger partial charge in [-0.1, -0.05) is 18.2 Å². The van der Waals surface area contributed by atoms with Gasteiger partial charge < -0.3 is 10.2 Å². The van der Waals surface area contributed by atoms with Crippen molar-refractivity contribution in [3.05, 3.63) is 29.8 Å². The van der Waals surface area contributed by atoms with Crippen LogP contribution in [-0.4, -0.2) is 31.4 Å². The molecular weight excluding hydrogens is 242 g/mol. The monoisotopic (exact) mass is 261 g/mol. The summed E-state index contributed by atoms with van der Waals surface area (Å²) in [6.07, 6.45) is 0. The topological polar surface area (TPSA) is 61.4 Å². The zero-order valence-corrected chi connectivity index (χ0v) is 11.4. The molecule has 0 bridgehead atoms. The van der Waals surface area contributed by atoms with Crippen molar-refractivity contribution in [1.29, 1.82) is 0 Å². The number of nitrogens with zero attached hydrogens (tertiary/aromatic N) is 1. The van der Waals surface area contributed by atoms with E-state index in [2.05, 4.69) is 17.6 Å². The number of para-hydroxylation sites is 1. The van der Waals surface area contributed by atoms with Crippen LogP contribution in [0.5, 0.6) is 0 Å². The van der Waals surface area contributed by atoms with E-state index in [9.17, 15) is 9.59 Å². The van der Waals surface area contributed by atoms with E-state index in [-0.39, 0.29) is 30.4 Å². The molecule has 1 aliphatic rings. The first-order chi connectivity index (χ1) is 9.04. The molecule has 0 aliphatic carbocycles. The van der Waals surface area contributed by atoms with Gasteiger partial charge in [0, 0.05) is 11.7 Å². The molecular formula is C14H19N3O2. The molecule has 1 fully saturated rings. The van der Waals surface area contributed by atoms with Crippen LogP contribution in [0.1, 0.15) is 25.5 Å². The molecule has 1 aromatic carbocycles. The first kappa shape index (κ1) is 13.5. The molecule has 1 aliphatic heterocycles. The number of anilines is 1. The van der Waals surface area contributed by atoms with Crippen molar-refractivity contribution in [3.63, 3.8) is 0 Å². The van der Waals surface area contributed by atoms with Crippen LogP contribution in [0.3, 0.4) is 0 Å². The maximum absolute atomic E-state index is 11.7. The Kier molecular flexibility index (Phi) is 3.85. The van der Waals surface area contributed by atoms with Gasteiger partial charge in [-0.05, 0) is 32.5 Å². The molecule has 1 saturated heterocycles. The predicted octanol–water partition coefficient (Wildman–Crippen LogP) is 0.818. The van der Waals surface area contributed by atoms with E-state index in [4.69, 9.17) is 0 Å². The first-order valence-electron chi connectivity index (χ1n) is 6.41. The van der Waals surface area contributed by atoms with Crippen molar-refractivity contribution in [3.8, 4) is 0 Å². The summed E-state index contributed by atoms with van der Waals surface area (Å²) in [5.74, 6) is -0.502. The van der Waals surface area contributed by atoms with Gasteiger partial charge in [0.05, 0.1) is 6.54 Å².